The first kappa shape index (κ1) is 26.7. The zero-order valence-corrected chi connectivity index (χ0v) is 21.8. The number of halogens is 1. The molecule has 2 amide bonds. The van der Waals surface area contributed by atoms with Gasteiger partial charge in [0.1, 0.15) is 23.9 Å². The molecule has 1 atom stereocenters. The van der Waals surface area contributed by atoms with Gasteiger partial charge in [0.05, 0.1) is 11.2 Å². The van der Waals surface area contributed by atoms with Crippen LogP contribution in [0.1, 0.15) is 56.1 Å². The van der Waals surface area contributed by atoms with Gasteiger partial charge in [-0.1, -0.05) is 48.5 Å². The van der Waals surface area contributed by atoms with E-state index >= 15 is 0 Å². The predicted molar refractivity (Wildman–Crippen MR) is 143 cm³/mol. The molecule has 196 valence electrons. The second kappa shape index (κ2) is 10.9. The van der Waals surface area contributed by atoms with Crippen molar-refractivity contribution in [2.24, 2.45) is 0 Å². The molecule has 38 heavy (non-hydrogen) atoms. The number of hydrogen-bond acceptors (Lipinski definition) is 5. The molecule has 0 aliphatic heterocycles. The molecule has 1 aromatic heterocycles. The minimum atomic E-state index is -1.19. The SMILES string of the molecule is CCC(C)(C)NC(=O)[C@H](c1ccc(F)cc1)N(C(=O)Cn1nnc2ccccc21)c1ccccc1C(C)=O. The number of benzene rings is 3. The molecule has 1 N–H and O–H groups in total. The number of ketones is 1. The fraction of sp³-hybridized carbons (Fsp3) is 0.276. The maximum absolute atomic E-state index is 14.1. The first-order chi connectivity index (χ1) is 18.1. The smallest absolute Gasteiger partial charge is 0.249 e. The number of carbonyl (C=O) groups excluding carboxylic acids is 3. The third kappa shape index (κ3) is 5.61. The molecule has 9 heteroatoms. The quantitative estimate of drug-likeness (QED) is 0.321. The van der Waals surface area contributed by atoms with Crippen molar-refractivity contribution >= 4 is 34.3 Å². The summed E-state index contributed by atoms with van der Waals surface area (Å²) in [5, 5.41) is 11.3. The minimum Gasteiger partial charge on any atom is -0.349 e. The number of Topliss-reactive ketones (excluding diaryl/α,β-unsaturated/α-hetero) is 1. The van der Waals surface area contributed by atoms with Crippen LogP contribution >= 0.6 is 0 Å². The summed E-state index contributed by atoms with van der Waals surface area (Å²) in [5.41, 5.74) is 1.63. The number of carbonyl (C=O) groups is 3. The van der Waals surface area contributed by atoms with Crippen molar-refractivity contribution < 1.29 is 18.8 Å². The Morgan fingerprint density at radius 1 is 1.00 bits per heavy atom. The van der Waals surface area contributed by atoms with Gasteiger partial charge in [-0.2, -0.15) is 0 Å². The van der Waals surface area contributed by atoms with Crippen LogP contribution in [0, 0.1) is 5.82 Å². The Labute approximate surface area is 220 Å². The first-order valence-corrected chi connectivity index (χ1v) is 12.4. The monoisotopic (exact) mass is 515 g/mol. The van der Waals surface area contributed by atoms with Crippen LogP contribution in [0.4, 0.5) is 10.1 Å². The molecule has 0 saturated carbocycles. The van der Waals surface area contributed by atoms with Crippen LogP contribution in [-0.4, -0.2) is 38.1 Å². The van der Waals surface area contributed by atoms with Crippen LogP contribution in [0.3, 0.4) is 0 Å². The second-order valence-corrected chi connectivity index (χ2v) is 9.75. The molecule has 0 saturated heterocycles. The first-order valence-electron chi connectivity index (χ1n) is 12.4. The highest BCUT2D eigenvalue weighted by Gasteiger charge is 2.36. The summed E-state index contributed by atoms with van der Waals surface area (Å²) in [7, 11) is 0. The van der Waals surface area contributed by atoms with Gasteiger partial charge in [-0.25, -0.2) is 9.07 Å². The third-order valence-electron chi connectivity index (χ3n) is 6.55. The van der Waals surface area contributed by atoms with E-state index in [0.29, 0.717) is 23.0 Å². The number of rotatable bonds is 9. The molecule has 4 aromatic rings. The summed E-state index contributed by atoms with van der Waals surface area (Å²) in [5.74, 6) is -1.69. The van der Waals surface area contributed by atoms with Crippen LogP contribution in [0.15, 0.2) is 72.8 Å². The van der Waals surface area contributed by atoms with E-state index < -0.39 is 29.2 Å². The van der Waals surface area contributed by atoms with Crippen LogP contribution in [0.5, 0.6) is 0 Å². The fourth-order valence-electron chi connectivity index (χ4n) is 4.19. The number of aromatic nitrogens is 3. The molecule has 8 nitrogen and oxygen atoms in total. The lowest BCUT2D eigenvalue weighted by molar-refractivity contribution is -0.128. The Morgan fingerprint density at radius 3 is 2.34 bits per heavy atom. The van der Waals surface area contributed by atoms with Crippen molar-refractivity contribution in [1.82, 2.24) is 20.3 Å². The zero-order valence-electron chi connectivity index (χ0n) is 21.8. The lowest BCUT2D eigenvalue weighted by atomic mass is 9.97. The molecule has 0 radical (unpaired) electrons. The number of para-hydroxylation sites is 2. The van der Waals surface area contributed by atoms with E-state index in [2.05, 4.69) is 15.6 Å². The van der Waals surface area contributed by atoms with Crippen molar-refractivity contribution in [3.05, 3.63) is 89.7 Å². The number of nitrogens with zero attached hydrogens (tertiary/aromatic N) is 4. The van der Waals surface area contributed by atoms with Gasteiger partial charge in [0.25, 0.3) is 0 Å². The summed E-state index contributed by atoms with van der Waals surface area (Å²) in [6.45, 7) is 6.86. The molecule has 0 unspecified atom stereocenters. The van der Waals surface area contributed by atoms with E-state index in [4.69, 9.17) is 0 Å². The van der Waals surface area contributed by atoms with Crippen molar-refractivity contribution in [3.8, 4) is 0 Å². The number of nitrogens with one attached hydrogen (secondary N) is 1. The van der Waals surface area contributed by atoms with Gasteiger partial charge >= 0.3 is 0 Å². The molecular weight excluding hydrogens is 485 g/mol. The second-order valence-electron chi connectivity index (χ2n) is 9.75. The van der Waals surface area contributed by atoms with E-state index in [9.17, 15) is 18.8 Å². The van der Waals surface area contributed by atoms with E-state index in [-0.39, 0.29) is 23.6 Å². The Morgan fingerprint density at radius 2 is 1.66 bits per heavy atom. The molecule has 3 aromatic carbocycles. The van der Waals surface area contributed by atoms with Crippen LogP contribution in [-0.2, 0) is 16.1 Å². The highest BCUT2D eigenvalue weighted by molar-refractivity contribution is 6.08. The van der Waals surface area contributed by atoms with E-state index in [0.717, 1.165) is 0 Å². The summed E-state index contributed by atoms with van der Waals surface area (Å²) < 4.78 is 15.3. The average Bonchev–Trinajstić information content (AvgIpc) is 3.30. The Kier molecular flexibility index (Phi) is 7.66. The maximum Gasteiger partial charge on any atom is 0.249 e. The average molecular weight is 516 g/mol. The molecule has 4 rings (SSSR count). The van der Waals surface area contributed by atoms with Crippen LogP contribution in [0.2, 0.25) is 0 Å². The molecule has 0 bridgehead atoms. The molecular formula is C29H30FN5O3. The molecule has 0 spiro atoms. The number of anilines is 1. The molecule has 0 aliphatic rings. The van der Waals surface area contributed by atoms with Gasteiger partial charge in [0.15, 0.2) is 5.78 Å². The predicted octanol–water partition coefficient (Wildman–Crippen LogP) is 4.85. The van der Waals surface area contributed by atoms with Crippen molar-refractivity contribution in [2.45, 2.75) is 52.2 Å². The number of amides is 2. The normalized spacial score (nSPS) is 12.2. The van der Waals surface area contributed by atoms with Crippen molar-refractivity contribution in [2.75, 3.05) is 4.90 Å². The third-order valence-corrected chi connectivity index (χ3v) is 6.55. The van der Waals surface area contributed by atoms with Gasteiger partial charge in [-0.3, -0.25) is 19.3 Å². The number of fused-ring (bicyclic) bond motifs is 1. The summed E-state index contributed by atoms with van der Waals surface area (Å²) >= 11 is 0. The van der Waals surface area contributed by atoms with E-state index in [1.807, 2.05) is 32.9 Å². The van der Waals surface area contributed by atoms with Crippen molar-refractivity contribution in [3.63, 3.8) is 0 Å². The van der Waals surface area contributed by atoms with Gasteiger partial charge in [0, 0.05) is 11.1 Å². The summed E-state index contributed by atoms with van der Waals surface area (Å²) in [6, 6.07) is 18.1. The largest absolute Gasteiger partial charge is 0.349 e. The molecule has 0 aliphatic carbocycles. The number of hydrogen-bond donors (Lipinski definition) is 1. The van der Waals surface area contributed by atoms with Crippen molar-refractivity contribution in [1.29, 1.82) is 0 Å². The van der Waals surface area contributed by atoms with Gasteiger partial charge in [-0.15, -0.1) is 5.10 Å². The topological polar surface area (TPSA) is 97.2 Å². The Balaban J connectivity index is 1.88. The van der Waals surface area contributed by atoms with Crippen LogP contribution in [0.25, 0.3) is 11.0 Å². The highest BCUT2D eigenvalue weighted by Crippen LogP contribution is 2.32. The fourth-order valence-corrected chi connectivity index (χ4v) is 4.19. The van der Waals surface area contributed by atoms with E-state index in [1.165, 1.54) is 40.8 Å². The summed E-state index contributed by atoms with van der Waals surface area (Å²) in [6.07, 6.45) is 0.637. The maximum atomic E-state index is 14.1. The summed E-state index contributed by atoms with van der Waals surface area (Å²) in [4.78, 5) is 41.9. The standard InChI is InChI=1S/C29H30FN5O3/c1-5-29(3,4)31-28(38)27(20-14-16-21(30)17-15-20)35(24-12-8-6-10-22(24)19(2)36)26(37)18-34-25-13-9-7-11-23(25)32-33-34/h6-17,27H,5,18H2,1-4H3,(H,31,38)/t27-/m0/s1. The zero-order chi connectivity index (χ0) is 27.4. The Bertz CT molecular complexity index is 1480. The van der Waals surface area contributed by atoms with E-state index in [1.54, 1.807) is 36.4 Å². The van der Waals surface area contributed by atoms with Gasteiger partial charge in [-0.05, 0) is 69.2 Å². The lowest BCUT2D eigenvalue weighted by Gasteiger charge is -2.35. The van der Waals surface area contributed by atoms with Crippen LogP contribution < -0.4 is 10.2 Å². The minimum absolute atomic E-state index is 0.241. The molecule has 1 heterocycles. The lowest BCUT2D eigenvalue weighted by Crippen LogP contribution is -2.51. The highest BCUT2D eigenvalue weighted by atomic mass is 19.1. The van der Waals surface area contributed by atoms with Gasteiger partial charge < -0.3 is 5.32 Å². The van der Waals surface area contributed by atoms with Gasteiger partial charge in [0.2, 0.25) is 11.8 Å². The Hall–Kier alpha value is -4.40. The molecule has 0 fully saturated rings.